The molecule has 0 spiro atoms. The van der Waals surface area contributed by atoms with Crippen LogP contribution in [0.15, 0.2) is 35.2 Å². The van der Waals surface area contributed by atoms with E-state index < -0.39 is 10.0 Å². The zero-order chi connectivity index (χ0) is 25.0. The lowest BCUT2D eigenvalue weighted by Gasteiger charge is -2.21. The number of sulfonamides is 1. The van der Waals surface area contributed by atoms with Crippen molar-refractivity contribution in [2.75, 3.05) is 31.3 Å². The molecule has 0 atom stereocenters. The van der Waals surface area contributed by atoms with Gasteiger partial charge in [-0.05, 0) is 75.9 Å². The van der Waals surface area contributed by atoms with Gasteiger partial charge in [-0.2, -0.15) is 0 Å². The second-order valence-electron chi connectivity index (χ2n) is 8.70. The lowest BCUT2D eigenvalue weighted by atomic mass is 10.1. The van der Waals surface area contributed by atoms with Gasteiger partial charge in [-0.25, -0.2) is 13.1 Å². The minimum absolute atomic E-state index is 0.00469. The lowest BCUT2D eigenvalue weighted by Crippen LogP contribution is -2.32. The van der Waals surface area contributed by atoms with Crippen LogP contribution in [-0.2, 0) is 16.4 Å². The van der Waals surface area contributed by atoms with Crippen molar-refractivity contribution < 1.29 is 27.4 Å². The predicted octanol–water partition coefficient (Wildman–Crippen LogP) is 4.31. The quantitative estimate of drug-likeness (QED) is 0.520. The Morgan fingerprint density at radius 3 is 2.20 bits per heavy atom. The molecule has 0 saturated heterocycles. The van der Waals surface area contributed by atoms with Crippen molar-refractivity contribution in [2.24, 2.45) is 0 Å². The topological polar surface area (TPSA) is 94.2 Å². The van der Waals surface area contributed by atoms with E-state index in [4.69, 9.17) is 14.2 Å². The number of nitrogens with zero attached hydrogens (tertiary/aromatic N) is 1. The zero-order valence-electron chi connectivity index (χ0n) is 20.6. The molecule has 2 aromatic carbocycles. The van der Waals surface area contributed by atoms with E-state index in [0.717, 1.165) is 36.9 Å². The summed E-state index contributed by atoms with van der Waals surface area (Å²) in [5.74, 6) is 1.21. The van der Waals surface area contributed by atoms with Crippen molar-refractivity contribution in [1.82, 2.24) is 4.72 Å². The van der Waals surface area contributed by atoms with Gasteiger partial charge in [-0.3, -0.25) is 4.79 Å². The molecule has 1 aliphatic carbocycles. The van der Waals surface area contributed by atoms with Crippen LogP contribution in [0.4, 0.5) is 5.69 Å². The summed E-state index contributed by atoms with van der Waals surface area (Å²) in [7, 11) is -3.59. The molecular weight excluding hydrogens is 468 g/mol. The number of amides is 1. The van der Waals surface area contributed by atoms with Crippen LogP contribution in [0.5, 0.6) is 17.2 Å². The number of carbonyl (C=O) groups is 1. The Balaban J connectivity index is 1.61. The largest absolute Gasteiger partial charge is 0.490 e. The van der Waals surface area contributed by atoms with Crippen LogP contribution in [0.2, 0.25) is 0 Å². The number of anilines is 1. The normalized spacial score (nSPS) is 15.8. The third kappa shape index (κ3) is 5.41. The van der Waals surface area contributed by atoms with Crippen molar-refractivity contribution in [3.63, 3.8) is 0 Å². The van der Waals surface area contributed by atoms with E-state index in [2.05, 4.69) is 4.72 Å². The van der Waals surface area contributed by atoms with E-state index in [9.17, 15) is 13.2 Å². The number of hydrogen-bond acceptors (Lipinski definition) is 6. The van der Waals surface area contributed by atoms with Crippen molar-refractivity contribution in [1.29, 1.82) is 0 Å². The lowest BCUT2D eigenvalue weighted by molar-refractivity contribution is 0.0988. The summed E-state index contributed by atoms with van der Waals surface area (Å²) in [5, 5.41) is 0. The molecule has 9 heteroatoms. The Morgan fingerprint density at radius 2 is 1.60 bits per heavy atom. The molecule has 2 aliphatic rings. The Kier molecular flexibility index (Phi) is 7.86. The number of ether oxygens (including phenoxy) is 3. The molecule has 2 aromatic rings. The van der Waals surface area contributed by atoms with Crippen LogP contribution >= 0.6 is 0 Å². The number of benzene rings is 2. The first kappa shape index (κ1) is 25.3. The standard InChI is InChI=1S/C26H34N2O6S/c1-4-32-23-16-19(17-24(33-5-2)25(23)34-6-3)26(29)28-14-13-18-15-21(11-12-22(18)28)35(30,31)27-20-9-7-8-10-20/h11-12,15-17,20,27H,4-10,13-14H2,1-3H3. The average molecular weight is 503 g/mol. The van der Waals surface area contributed by atoms with Gasteiger partial charge in [0.25, 0.3) is 5.91 Å². The van der Waals surface area contributed by atoms with Crippen molar-refractivity contribution in [2.45, 2.75) is 63.8 Å². The molecule has 190 valence electrons. The molecule has 0 radical (unpaired) electrons. The van der Waals surface area contributed by atoms with Gasteiger partial charge in [-0.1, -0.05) is 12.8 Å². The second kappa shape index (κ2) is 10.9. The van der Waals surface area contributed by atoms with Crippen LogP contribution in [0.25, 0.3) is 0 Å². The summed E-state index contributed by atoms with van der Waals surface area (Å²) in [6.07, 6.45) is 4.44. The minimum Gasteiger partial charge on any atom is -0.490 e. The van der Waals surface area contributed by atoms with Crippen molar-refractivity contribution in [3.8, 4) is 17.2 Å². The fourth-order valence-electron chi connectivity index (χ4n) is 4.76. The van der Waals surface area contributed by atoms with Gasteiger partial charge in [0.2, 0.25) is 15.8 Å². The van der Waals surface area contributed by atoms with Crippen LogP contribution in [0, 0.1) is 0 Å². The van der Waals surface area contributed by atoms with Crippen molar-refractivity contribution >= 4 is 21.6 Å². The van der Waals surface area contributed by atoms with Crippen molar-refractivity contribution in [3.05, 3.63) is 41.5 Å². The summed E-state index contributed by atoms with van der Waals surface area (Å²) in [6.45, 7) is 7.36. The molecule has 0 aromatic heterocycles. The van der Waals surface area contributed by atoms with Crippen LogP contribution < -0.4 is 23.8 Å². The molecular formula is C26H34N2O6S. The number of nitrogens with one attached hydrogen (secondary N) is 1. The van der Waals surface area contributed by atoms with Crippen LogP contribution in [0.1, 0.15) is 62.4 Å². The monoisotopic (exact) mass is 502 g/mol. The smallest absolute Gasteiger partial charge is 0.258 e. The first-order valence-electron chi connectivity index (χ1n) is 12.4. The molecule has 1 amide bonds. The summed E-state index contributed by atoms with van der Waals surface area (Å²) < 4.78 is 45.8. The average Bonchev–Trinajstić information content (AvgIpc) is 3.50. The molecule has 1 fully saturated rings. The maximum Gasteiger partial charge on any atom is 0.258 e. The first-order valence-corrected chi connectivity index (χ1v) is 13.9. The number of fused-ring (bicyclic) bond motifs is 1. The molecule has 8 nitrogen and oxygen atoms in total. The molecule has 4 rings (SSSR count). The highest BCUT2D eigenvalue weighted by atomic mass is 32.2. The van der Waals surface area contributed by atoms with E-state index in [1.807, 2.05) is 20.8 Å². The van der Waals surface area contributed by atoms with Gasteiger partial charge >= 0.3 is 0 Å². The van der Waals surface area contributed by atoms with Gasteiger partial charge in [-0.15, -0.1) is 0 Å². The Labute approximate surface area is 207 Å². The van der Waals surface area contributed by atoms with Gasteiger partial charge in [0.1, 0.15) is 0 Å². The molecule has 0 unspecified atom stereocenters. The maximum absolute atomic E-state index is 13.5. The van der Waals surface area contributed by atoms with E-state index >= 15 is 0 Å². The van der Waals surface area contributed by atoms with Gasteiger partial charge < -0.3 is 19.1 Å². The Morgan fingerprint density at radius 1 is 0.971 bits per heavy atom. The predicted molar refractivity (Wildman–Crippen MR) is 134 cm³/mol. The highest BCUT2D eigenvalue weighted by Crippen LogP contribution is 2.40. The highest BCUT2D eigenvalue weighted by molar-refractivity contribution is 7.89. The Bertz CT molecular complexity index is 1150. The SMILES string of the molecule is CCOc1cc(C(=O)N2CCc3cc(S(=O)(=O)NC4CCCC4)ccc32)cc(OCC)c1OCC. The van der Waals surface area contributed by atoms with E-state index in [-0.39, 0.29) is 16.8 Å². The second-order valence-corrected chi connectivity index (χ2v) is 10.4. The third-order valence-corrected chi connectivity index (χ3v) is 7.85. The molecule has 0 bridgehead atoms. The van der Waals surface area contributed by atoms with Gasteiger partial charge in [0, 0.05) is 23.8 Å². The highest BCUT2D eigenvalue weighted by Gasteiger charge is 2.30. The number of rotatable bonds is 10. The molecule has 1 N–H and O–H groups in total. The van der Waals surface area contributed by atoms with Gasteiger partial charge in [0.05, 0.1) is 24.7 Å². The molecule has 35 heavy (non-hydrogen) atoms. The fraction of sp³-hybridized carbons (Fsp3) is 0.500. The Hall–Kier alpha value is -2.78. The minimum atomic E-state index is -3.59. The van der Waals surface area contributed by atoms with E-state index in [0.29, 0.717) is 55.6 Å². The molecule has 1 heterocycles. The van der Waals surface area contributed by atoms with Crippen LogP contribution in [-0.4, -0.2) is 46.7 Å². The zero-order valence-corrected chi connectivity index (χ0v) is 21.4. The summed E-state index contributed by atoms with van der Waals surface area (Å²) in [4.78, 5) is 15.5. The summed E-state index contributed by atoms with van der Waals surface area (Å²) >= 11 is 0. The summed E-state index contributed by atoms with van der Waals surface area (Å²) in [6, 6.07) is 8.37. The first-order chi connectivity index (χ1) is 16.9. The third-order valence-electron chi connectivity index (χ3n) is 6.34. The number of hydrogen-bond donors (Lipinski definition) is 1. The summed E-state index contributed by atoms with van der Waals surface area (Å²) in [5.41, 5.74) is 1.99. The van der Waals surface area contributed by atoms with Gasteiger partial charge in [0.15, 0.2) is 11.5 Å². The van der Waals surface area contributed by atoms with E-state index in [1.165, 1.54) is 0 Å². The molecule has 1 saturated carbocycles. The fourth-order valence-corrected chi connectivity index (χ4v) is 6.11. The van der Waals surface area contributed by atoms with E-state index in [1.54, 1.807) is 35.2 Å². The number of carbonyl (C=O) groups excluding carboxylic acids is 1. The molecule has 1 aliphatic heterocycles. The van der Waals surface area contributed by atoms with Crippen LogP contribution in [0.3, 0.4) is 0 Å². The maximum atomic E-state index is 13.5.